The molecule has 0 fully saturated rings. The van der Waals surface area contributed by atoms with Crippen molar-refractivity contribution < 1.29 is 20.1 Å². The Morgan fingerprint density at radius 3 is 2.21 bits per heavy atom. The summed E-state index contributed by atoms with van der Waals surface area (Å²) in [6.45, 7) is 1.46. The van der Waals surface area contributed by atoms with Gasteiger partial charge in [-0.25, -0.2) is 0 Å². The Kier molecular flexibility index (Phi) is 2.81. The predicted molar refractivity (Wildman–Crippen MR) is 50.5 cm³/mol. The van der Waals surface area contributed by atoms with E-state index in [9.17, 15) is 4.79 Å². The van der Waals surface area contributed by atoms with Crippen molar-refractivity contribution in [1.82, 2.24) is 0 Å². The number of hydrogen-bond donors (Lipinski definition) is 4. The molecule has 0 aliphatic heterocycles. The van der Waals surface area contributed by atoms with Gasteiger partial charge in [-0.2, -0.15) is 0 Å². The number of aliphatic carboxylic acids is 1. The fraction of sp³-hybridized carbons (Fsp3) is 0.222. The van der Waals surface area contributed by atoms with E-state index in [1.165, 1.54) is 19.1 Å². The number of aromatic hydroxyl groups is 2. The lowest BCUT2D eigenvalue weighted by atomic mass is 10.2. The quantitative estimate of drug-likeness (QED) is 0.580. The molecule has 0 aromatic heterocycles. The fourth-order valence-corrected chi connectivity index (χ4v) is 0.990. The smallest absolute Gasteiger partial charge is 0.325 e. The van der Waals surface area contributed by atoms with Crippen molar-refractivity contribution in [2.75, 3.05) is 5.32 Å². The van der Waals surface area contributed by atoms with Gasteiger partial charge in [-0.05, 0) is 6.92 Å². The molecule has 0 aliphatic carbocycles. The molecule has 0 heterocycles. The second-order valence-electron chi connectivity index (χ2n) is 2.94. The first kappa shape index (κ1) is 10.2. The molecule has 5 nitrogen and oxygen atoms in total. The molecule has 4 N–H and O–H groups in total. The summed E-state index contributed by atoms with van der Waals surface area (Å²) in [6.07, 6.45) is 0. The number of nitrogens with one attached hydrogen (secondary N) is 1. The third-order valence-corrected chi connectivity index (χ3v) is 1.66. The van der Waals surface area contributed by atoms with Gasteiger partial charge in [0.1, 0.15) is 17.5 Å². The normalized spacial score (nSPS) is 12.1. The van der Waals surface area contributed by atoms with Crippen molar-refractivity contribution in [3.8, 4) is 11.5 Å². The maximum absolute atomic E-state index is 10.5. The zero-order valence-corrected chi connectivity index (χ0v) is 7.56. The number of phenolic OH excluding ortho intramolecular Hbond substituents is 2. The zero-order chi connectivity index (χ0) is 10.7. The van der Waals surface area contributed by atoms with Crippen LogP contribution < -0.4 is 5.32 Å². The van der Waals surface area contributed by atoms with Gasteiger partial charge in [-0.15, -0.1) is 0 Å². The zero-order valence-electron chi connectivity index (χ0n) is 7.56. The summed E-state index contributed by atoms with van der Waals surface area (Å²) in [4.78, 5) is 10.5. The van der Waals surface area contributed by atoms with Gasteiger partial charge in [0.2, 0.25) is 0 Å². The highest BCUT2D eigenvalue weighted by atomic mass is 16.4. The lowest BCUT2D eigenvalue weighted by Gasteiger charge is -2.11. The molecule has 1 aromatic carbocycles. The van der Waals surface area contributed by atoms with E-state index in [4.69, 9.17) is 15.3 Å². The van der Waals surface area contributed by atoms with Crippen LogP contribution in [0.5, 0.6) is 11.5 Å². The molecule has 0 bridgehead atoms. The van der Waals surface area contributed by atoms with Crippen LogP contribution in [0, 0.1) is 0 Å². The van der Waals surface area contributed by atoms with E-state index in [1.54, 1.807) is 0 Å². The van der Waals surface area contributed by atoms with Gasteiger partial charge in [-0.1, -0.05) is 0 Å². The Hall–Kier alpha value is -1.91. The van der Waals surface area contributed by atoms with Gasteiger partial charge < -0.3 is 20.6 Å². The third kappa shape index (κ3) is 2.55. The predicted octanol–water partition coefficient (Wildman–Crippen LogP) is 0.983. The first-order valence-electron chi connectivity index (χ1n) is 4.01. The summed E-state index contributed by atoms with van der Waals surface area (Å²) in [5.41, 5.74) is 0.359. The molecule has 0 saturated carbocycles. The van der Waals surface area contributed by atoms with Gasteiger partial charge in [0, 0.05) is 23.9 Å². The highest BCUT2D eigenvalue weighted by molar-refractivity contribution is 5.77. The molecule has 1 atom stereocenters. The van der Waals surface area contributed by atoms with Crippen LogP contribution in [0.15, 0.2) is 18.2 Å². The summed E-state index contributed by atoms with van der Waals surface area (Å²) < 4.78 is 0. The van der Waals surface area contributed by atoms with E-state index < -0.39 is 12.0 Å². The number of phenols is 2. The highest BCUT2D eigenvalue weighted by Gasteiger charge is 2.10. The second-order valence-corrected chi connectivity index (χ2v) is 2.94. The summed E-state index contributed by atoms with van der Waals surface area (Å²) >= 11 is 0. The van der Waals surface area contributed by atoms with E-state index in [-0.39, 0.29) is 11.5 Å². The third-order valence-electron chi connectivity index (χ3n) is 1.66. The van der Waals surface area contributed by atoms with E-state index in [0.29, 0.717) is 5.69 Å². The average molecular weight is 197 g/mol. The van der Waals surface area contributed by atoms with Crippen LogP contribution in [0.3, 0.4) is 0 Å². The standard InChI is InChI=1S/C9H11NO4/c1-5(9(13)14)10-6-2-7(11)4-8(12)3-6/h2-5,10-12H,1H3,(H,13,14). The molecule has 0 radical (unpaired) electrons. The first-order valence-corrected chi connectivity index (χ1v) is 4.01. The molecule has 14 heavy (non-hydrogen) atoms. The molecule has 0 amide bonds. The van der Waals surface area contributed by atoms with E-state index >= 15 is 0 Å². The highest BCUT2D eigenvalue weighted by Crippen LogP contribution is 2.24. The average Bonchev–Trinajstić information content (AvgIpc) is 2.01. The van der Waals surface area contributed by atoms with Crippen LogP contribution in [-0.2, 0) is 4.79 Å². The fourth-order valence-electron chi connectivity index (χ4n) is 0.990. The molecule has 76 valence electrons. The molecular weight excluding hydrogens is 186 g/mol. The Morgan fingerprint density at radius 1 is 1.29 bits per heavy atom. The minimum Gasteiger partial charge on any atom is -0.508 e. The van der Waals surface area contributed by atoms with Crippen LogP contribution in [0.4, 0.5) is 5.69 Å². The lowest BCUT2D eigenvalue weighted by Crippen LogP contribution is -2.25. The van der Waals surface area contributed by atoms with Crippen molar-refractivity contribution in [3.05, 3.63) is 18.2 Å². The molecular formula is C9H11NO4. The number of carboxylic acid groups (broad SMARTS) is 1. The summed E-state index contributed by atoms with van der Waals surface area (Å²) in [5.74, 6) is -1.25. The molecule has 5 heteroatoms. The van der Waals surface area contributed by atoms with Gasteiger partial charge in [0.25, 0.3) is 0 Å². The minimum atomic E-state index is -1.01. The van der Waals surface area contributed by atoms with Crippen molar-refractivity contribution in [2.45, 2.75) is 13.0 Å². The maximum Gasteiger partial charge on any atom is 0.325 e. The molecule has 1 unspecified atom stereocenters. The molecule has 0 saturated heterocycles. The number of anilines is 1. The van der Waals surface area contributed by atoms with Crippen molar-refractivity contribution >= 4 is 11.7 Å². The summed E-state index contributed by atoms with van der Waals surface area (Å²) in [6, 6.07) is 3.05. The van der Waals surface area contributed by atoms with Crippen LogP contribution in [0.25, 0.3) is 0 Å². The lowest BCUT2D eigenvalue weighted by molar-refractivity contribution is -0.137. The minimum absolute atomic E-state index is 0.120. The van der Waals surface area contributed by atoms with Crippen LogP contribution in [0.2, 0.25) is 0 Å². The Bertz CT molecular complexity index is 330. The van der Waals surface area contributed by atoms with Crippen molar-refractivity contribution in [2.24, 2.45) is 0 Å². The second kappa shape index (κ2) is 3.87. The molecule has 0 spiro atoms. The Labute approximate surface area is 80.6 Å². The van der Waals surface area contributed by atoms with Crippen LogP contribution >= 0.6 is 0 Å². The molecule has 1 rings (SSSR count). The van der Waals surface area contributed by atoms with Gasteiger partial charge in [0.15, 0.2) is 0 Å². The molecule has 0 aliphatic rings. The largest absolute Gasteiger partial charge is 0.508 e. The number of benzene rings is 1. The topological polar surface area (TPSA) is 89.8 Å². The first-order chi connectivity index (χ1) is 6.49. The Balaban J connectivity index is 2.81. The maximum atomic E-state index is 10.5. The van der Waals surface area contributed by atoms with E-state index in [0.717, 1.165) is 6.07 Å². The van der Waals surface area contributed by atoms with Crippen molar-refractivity contribution in [3.63, 3.8) is 0 Å². The Morgan fingerprint density at radius 2 is 1.79 bits per heavy atom. The molecule has 1 aromatic rings. The monoisotopic (exact) mass is 197 g/mol. The number of hydrogen-bond acceptors (Lipinski definition) is 4. The number of rotatable bonds is 3. The van der Waals surface area contributed by atoms with Crippen molar-refractivity contribution in [1.29, 1.82) is 0 Å². The van der Waals surface area contributed by atoms with E-state index in [2.05, 4.69) is 5.32 Å². The number of carbonyl (C=O) groups is 1. The van der Waals surface area contributed by atoms with Gasteiger partial charge in [0.05, 0.1) is 0 Å². The SMILES string of the molecule is CC(Nc1cc(O)cc(O)c1)C(=O)O. The summed E-state index contributed by atoms with van der Waals surface area (Å²) in [5, 5.41) is 29.4. The van der Waals surface area contributed by atoms with E-state index in [1.807, 2.05) is 0 Å². The number of carboxylic acids is 1. The van der Waals surface area contributed by atoms with Crippen LogP contribution in [0.1, 0.15) is 6.92 Å². The van der Waals surface area contributed by atoms with Crippen LogP contribution in [-0.4, -0.2) is 27.3 Å². The van der Waals surface area contributed by atoms with Gasteiger partial charge >= 0.3 is 5.97 Å². The summed E-state index contributed by atoms with van der Waals surface area (Å²) in [7, 11) is 0. The van der Waals surface area contributed by atoms with Gasteiger partial charge in [-0.3, -0.25) is 4.79 Å².